The van der Waals surface area contributed by atoms with Crippen LogP contribution < -0.4 is 0 Å². The van der Waals surface area contributed by atoms with Gasteiger partial charge in [0, 0.05) is 0 Å². The smallest absolute Gasteiger partial charge is 0.0844 e. The summed E-state index contributed by atoms with van der Waals surface area (Å²) in [6.45, 7) is 0. The van der Waals surface area contributed by atoms with E-state index in [1.807, 2.05) is 0 Å². The Morgan fingerprint density at radius 1 is 0.262 bits per heavy atom. The van der Waals surface area contributed by atoms with Crippen LogP contribution in [0.4, 0.5) is 0 Å². The Morgan fingerprint density at radius 2 is 0.508 bits per heavy atom. The third-order valence-electron chi connectivity index (χ3n) is 19.4. The highest BCUT2D eigenvalue weighted by Gasteiger charge is 2.45. The summed E-state index contributed by atoms with van der Waals surface area (Å²) in [5, 5.41) is 9.89. The molecule has 7 fully saturated rings. The van der Waals surface area contributed by atoms with Crippen LogP contribution >= 0.6 is 0 Å². The van der Waals surface area contributed by atoms with Crippen molar-refractivity contribution in [3.63, 3.8) is 0 Å². The molecule has 4 saturated carbocycles. The van der Waals surface area contributed by atoms with Gasteiger partial charge >= 0.3 is 0 Å². The monoisotopic (exact) mass is 907 g/mol. The fraction of sp³-hybridized carbons (Fsp3) is 1.00. The summed E-state index contributed by atoms with van der Waals surface area (Å²) < 4.78 is 17.4. The molecule has 0 aromatic carbocycles. The molecule has 0 bridgehead atoms. The Morgan fingerprint density at radius 3 is 0.800 bits per heavy atom. The minimum Gasteiger partial charge on any atom is -0.393 e. The first-order chi connectivity index (χ1) is 32.1. The maximum Gasteiger partial charge on any atom is 0.0844 e. The van der Waals surface area contributed by atoms with Gasteiger partial charge in [-0.05, 0) is 138 Å². The van der Waals surface area contributed by atoms with Crippen molar-refractivity contribution in [3.8, 4) is 0 Å². The molecule has 65 heavy (non-hydrogen) atoms. The van der Waals surface area contributed by atoms with Crippen LogP contribution in [-0.4, -0.2) is 47.8 Å². The highest BCUT2D eigenvalue weighted by molar-refractivity contribution is 4.93. The largest absolute Gasteiger partial charge is 0.393 e. The van der Waals surface area contributed by atoms with Gasteiger partial charge < -0.3 is 19.3 Å². The third-order valence-corrected chi connectivity index (χ3v) is 19.4. The molecule has 0 aromatic heterocycles. The summed E-state index contributed by atoms with van der Waals surface area (Å²) in [6.07, 6.45) is 74.2. The number of aliphatic hydroxyl groups excluding tert-OH is 1. The summed E-state index contributed by atoms with van der Waals surface area (Å²) in [5.74, 6) is 3.81. The van der Waals surface area contributed by atoms with E-state index < -0.39 is 0 Å². The maximum absolute atomic E-state index is 9.89. The molecule has 4 nitrogen and oxygen atoms in total. The Hall–Kier alpha value is -0.160. The lowest BCUT2D eigenvalue weighted by atomic mass is 9.70. The second-order valence-electron chi connectivity index (χ2n) is 24.9. The van der Waals surface area contributed by atoms with E-state index in [4.69, 9.17) is 14.2 Å². The van der Waals surface area contributed by atoms with Gasteiger partial charge in [0.25, 0.3) is 0 Å². The average molecular weight is 908 g/mol. The van der Waals surface area contributed by atoms with E-state index in [0.717, 1.165) is 36.5 Å². The van der Waals surface area contributed by atoms with Crippen LogP contribution in [0, 0.1) is 29.1 Å². The zero-order valence-corrected chi connectivity index (χ0v) is 43.2. The van der Waals surface area contributed by atoms with Crippen molar-refractivity contribution in [2.45, 2.75) is 357 Å². The summed E-state index contributed by atoms with van der Waals surface area (Å²) in [4.78, 5) is 0. The predicted molar refractivity (Wildman–Crippen MR) is 275 cm³/mol. The van der Waals surface area contributed by atoms with Gasteiger partial charge in [-0.2, -0.15) is 0 Å². The second-order valence-corrected chi connectivity index (χ2v) is 24.9. The standard InChI is InChI=1S/C61H110O4/c62-54-38-33-50(34-39-54)29-21-13-5-1-9-17-25-43-61(44-26-18-10-2-6-14-22-30-51-35-40-55-58(47-51)63-55,45-27-19-11-3-7-15-23-31-52-36-41-56-59(48-52)64-56)46-28-20-12-4-8-16-24-32-53-37-42-57-60(49-53)65-57/h50-60,62H,1-49H2/t50?,51?,52?,53?,54?,55-,56?,57?,58?,59?,60?,61?/m0/s1. The molecule has 7 rings (SSSR count). The summed E-state index contributed by atoms with van der Waals surface area (Å²) in [7, 11) is 0. The fourth-order valence-electron chi connectivity index (χ4n) is 14.7. The van der Waals surface area contributed by atoms with Crippen molar-refractivity contribution in [2.75, 3.05) is 0 Å². The minimum absolute atomic E-state index is 0.00228. The number of epoxide rings is 3. The number of hydrogen-bond donors (Lipinski definition) is 1. The summed E-state index contributed by atoms with van der Waals surface area (Å²) in [6, 6.07) is 0. The molecule has 3 aliphatic heterocycles. The van der Waals surface area contributed by atoms with Crippen LogP contribution in [0.2, 0.25) is 0 Å². The Bertz CT molecular complexity index is 1080. The van der Waals surface area contributed by atoms with Crippen molar-refractivity contribution < 1.29 is 19.3 Å². The lowest BCUT2D eigenvalue weighted by Gasteiger charge is -2.35. The van der Waals surface area contributed by atoms with E-state index in [1.165, 1.54) is 302 Å². The van der Waals surface area contributed by atoms with Crippen LogP contribution in [0.3, 0.4) is 0 Å². The first-order valence-electron chi connectivity index (χ1n) is 30.8. The first kappa shape index (κ1) is 52.7. The van der Waals surface area contributed by atoms with Gasteiger partial charge in [-0.3, -0.25) is 0 Å². The number of rotatable bonds is 40. The number of unbranched alkanes of at least 4 members (excludes halogenated alkanes) is 24. The second kappa shape index (κ2) is 30.5. The minimum atomic E-state index is -0.00228. The highest BCUT2D eigenvalue weighted by atomic mass is 16.6. The van der Waals surface area contributed by atoms with Gasteiger partial charge in [0.2, 0.25) is 0 Å². The molecule has 0 amide bonds. The van der Waals surface area contributed by atoms with Gasteiger partial charge in [0.15, 0.2) is 0 Å². The van der Waals surface area contributed by atoms with Gasteiger partial charge in [-0.1, -0.05) is 205 Å². The summed E-state index contributed by atoms with van der Waals surface area (Å²) in [5.41, 5.74) is 0.617. The molecule has 378 valence electrons. The van der Waals surface area contributed by atoms with Crippen molar-refractivity contribution in [2.24, 2.45) is 29.1 Å². The van der Waals surface area contributed by atoms with Gasteiger partial charge in [-0.15, -0.1) is 0 Å². The molecule has 1 N–H and O–H groups in total. The van der Waals surface area contributed by atoms with Crippen LogP contribution in [0.1, 0.15) is 315 Å². The van der Waals surface area contributed by atoms with Crippen molar-refractivity contribution in [1.82, 2.24) is 0 Å². The molecule has 3 saturated heterocycles. The van der Waals surface area contributed by atoms with E-state index in [0.29, 0.717) is 42.0 Å². The molecule has 0 spiro atoms. The lowest BCUT2D eigenvalue weighted by Crippen LogP contribution is -2.21. The fourth-order valence-corrected chi connectivity index (χ4v) is 14.7. The first-order valence-corrected chi connectivity index (χ1v) is 30.8. The van der Waals surface area contributed by atoms with E-state index in [9.17, 15) is 5.11 Å². The van der Waals surface area contributed by atoms with E-state index >= 15 is 0 Å². The summed E-state index contributed by atoms with van der Waals surface area (Å²) >= 11 is 0. The van der Waals surface area contributed by atoms with E-state index in [1.54, 1.807) is 0 Å². The predicted octanol–water partition coefficient (Wildman–Crippen LogP) is 18.3. The van der Waals surface area contributed by atoms with E-state index in [-0.39, 0.29) is 6.10 Å². The third kappa shape index (κ3) is 21.4. The zero-order valence-electron chi connectivity index (χ0n) is 43.2. The number of ether oxygens (including phenoxy) is 3. The Balaban J connectivity index is 0.788. The van der Waals surface area contributed by atoms with Crippen LogP contribution in [0.15, 0.2) is 0 Å². The molecule has 0 aromatic rings. The molecule has 0 radical (unpaired) electrons. The van der Waals surface area contributed by atoms with Gasteiger partial charge in [0.05, 0.1) is 42.7 Å². The zero-order chi connectivity index (χ0) is 44.6. The SMILES string of the molecule is OC1CCC(CCCCCCCCCC(CCCCCCCCCC2CCC3OC3C2)(CCCCCCCCCC2CCC3OC3C2)CCCCCCCCCC2CC[C@@H]3OC3C2)CC1. The van der Waals surface area contributed by atoms with Crippen LogP contribution in [-0.2, 0) is 14.2 Å². The van der Waals surface area contributed by atoms with Gasteiger partial charge in [-0.25, -0.2) is 0 Å². The number of aliphatic hydroxyl groups is 1. The van der Waals surface area contributed by atoms with Crippen molar-refractivity contribution in [3.05, 3.63) is 0 Å². The molecule has 4 aliphatic carbocycles. The quantitative estimate of drug-likeness (QED) is 0.0492. The number of hydrogen-bond acceptors (Lipinski definition) is 4. The average Bonchev–Trinajstić information content (AvgIpc) is 4.23. The molecule has 4 heteroatoms. The van der Waals surface area contributed by atoms with Crippen LogP contribution in [0.25, 0.3) is 0 Å². The topological polar surface area (TPSA) is 57.8 Å². The van der Waals surface area contributed by atoms with Crippen molar-refractivity contribution >= 4 is 0 Å². The molecule has 8 unspecified atom stereocenters. The normalized spacial score (nSPS) is 32.4. The Labute approximate surface area is 404 Å². The Kier molecular flexibility index (Phi) is 24.7. The maximum atomic E-state index is 9.89. The highest BCUT2D eigenvalue weighted by Crippen LogP contribution is 2.45. The molecule has 9 atom stereocenters. The molecule has 3 heterocycles. The molecular weight excluding hydrogens is 797 g/mol. The molecule has 7 aliphatic rings. The lowest BCUT2D eigenvalue weighted by molar-refractivity contribution is 0.106. The van der Waals surface area contributed by atoms with E-state index in [2.05, 4.69) is 0 Å². The number of fused-ring (bicyclic) bond motifs is 3. The van der Waals surface area contributed by atoms with Gasteiger partial charge in [0.1, 0.15) is 0 Å². The molecular formula is C61H110O4. The van der Waals surface area contributed by atoms with Crippen molar-refractivity contribution in [1.29, 1.82) is 0 Å². The van der Waals surface area contributed by atoms with Crippen LogP contribution in [0.5, 0.6) is 0 Å².